The van der Waals surface area contributed by atoms with E-state index in [2.05, 4.69) is 13.5 Å². The molecule has 0 N–H and O–H groups in total. The Bertz CT molecular complexity index is 218. The molecule has 0 fully saturated rings. The normalized spacial score (nSPS) is 14.1. The van der Waals surface area contributed by atoms with Crippen molar-refractivity contribution >= 4 is 23.2 Å². The third-order valence-electron chi connectivity index (χ3n) is 1.97. The van der Waals surface area contributed by atoms with E-state index in [1.807, 2.05) is 13.3 Å². The Kier molecular flexibility index (Phi) is 5.11. The van der Waals surface area contributed by atoms with Gasteiger partial charge in [0.1, 0.15) is 0 Å². The van der Waals surface area contributed by atoms with E-state index in [0.29, 0.717) is 6.35 Å². The Morgan fingerprint density at radius 3 is 2.57 bits per heavy atom. The van der Waals surface area contributed by atoms with Gasteiger partial charge >= 0.3 is 91.0 Å². The summed E-state index contributed by atoms with van der Waals surface area (Å²) >= 11 is 6.49. The van der Waals surface area contributed by atoms with Gasteiger partial charge in [-0.15, -0.1) is 0 Å². The molecule has 0 aromatic carbocycles. The first-order valence-electron chi connectivity index (χ1n) is 4.80. The van der Waals surface area contributed by atoms with Crippen molar-refractivity contribution in [3.05, 3.63) is 12.7 Å². The van der Waals surface area contributed by atoms with Gasteiger partial charge in [0.25, 0.3) is 0 Å². The maximum atomic E-state index is 10.9. The Labute approximate surface area is 91.4 Å². The van der Waals surface area contributed by atoms with E-state index in [4.69, 9.17) is 16.0 Å². The van der Waals surface area contributed by atoms with E-state index in [0.717, 1.165) is 19.0 Å². The fourth-order valence-electron chi connectivity index (χ4n) is 1.03. The molecule has 0 aliphatic carbocycles. The summed E-state index contributed by atoms with van der Waals surface area (Å²) in [5.74, 6) is -2.67. The number of carbonyl (C=O) groups excluding carboxylic acids is 1. The number of esters is 1. The zero-order valence-corrected chi connectivity index (χ0v) is 10.9. The Balaban J connectivity index is 4.14. The van der Waals surface area contributed by atoms with Crippen LogP contribution in [0.15, 0.2) is 12.7 Å². The standard InChI is InChI=1S/C10H20ClO2P/c1-5-7-8-14(3,4,11)9-13-10(12)6-2/h6H,2,5,7-9H2,1,3-4H3. The minimum atomic E-state index is -2.29. The van der Waals surface area contributed by atoms with Crippen molar-refractivity contribution in [1.29, 1.82) is 0 Å². The van der Waals surface area contributed by atoms with Gasteiger partial charge < -0.3 is 0 Å². The van der Waals surface area contributed by atoms with Gasteiger partial charge in [0.2, 0.25) is 0 Å². The van der Waals surface area contributed by atoms with Crippen LogP contribution in [0, 0.1) is 0 Å². The fraction of sp³-hybridized carbons (Fsp3) is 0.700. The van der Waals surface area contributed by atoms with Gasteiger partial charge in [0, 0.05) is 0 Å². The molecule has 0 bridgehead atoms. The fourth-order valence-corrected chi connectivity index (χ4v) is 3.48. The quantitative estimate of drug-likeness (QED) is 0.403. The van der Waals surface area contributed by atoms with Crippen molar-refractivity contribution in [2.75, 3.05) is 25.8 Å². The number of ether oxygens (including phenoxy) is 1. The van der Waals surface area contributed by atoms with E-state index in [1.165, 1.54) is 6.08 Å². The Morgan fingerprint density at radius 2 is 2.14 bits per heavy atom. The van der Waals surface area contributed by atoms with Crippen LogP contribution < -0.4 is 0 Å². The first-order chi connectivity index (χ1) is 6.28. The molecule has 84 valence electrons. The van der Waals surface area contributed by atoms with Gasteiger partial charge in [-0.25, -0.2) is 0 Å². The zero-order chi connectivity index (χ0) is 11.3. The summed E-state index contributed by atoms with van der Waals surface area (Å²) in [6, 6.07) is 0. The first-order valence-corrected chi connectivity index (χ1v) is 9.20. The molecule has 0 spiro atoms. The summed E-state index contributed by atoms with van der Waals surface area (Å²) in [5.41, 5.74) is 0. The SMILES string of the molecule is C=CC(=O)OCP(C)(C)(Cl)CCCC. The average molecular weight is 239 g/mol. The second kappa shape index (κ2) is 5.14. The summed E-state index contributed by atoms with van der Waals surface area (Å²) in [6.07, 6.45) is 4.66. The molecule has 0 aromatic rings. The minimum absolute atomic E-state index is 0.345. The summed E-state index contributed by atoms with van der Waals surface area (Å²) < 4.78 is 5.03. The van der Waals surface area contributed by atoms with Crippen LogP contribution in [0.25, 0.3) is 0 Å². The summed E-state index contributed by atoms with van der Waals surface area (Å²) in [4.78, 5) is 10.9. The molecular weight excluding hydrogens is 219 g/mol. The Morgan fingerprint density at radius 1 is 1.57 bits per heavy atom. The first kappa shape index (κ1) is 13.9. The molecule has 0 aliphatic heterocycles. The maximum absolute atomic E-state index is 10.9. The van der Waals surface area contributed by atoms with Crippen LogP contribution in [-0.2, 0) is 9.53 Å². The monoisotopic (exact) mass is 238 g/mol. The predicted molar refractivity (Wildman–Crippen MR) is 65.6 cm³/mol. The van der Waals surface area contributed by atoms with Gasteiger partial charge in [0.05, 0.1) is 0 Å². The zero-order valence-electron chi connectivity index (χ0n) is 9.25. The molecule has 0 atom stereocenters. The van der Waals surface area contributed by atoms with Crippen LogP contribution in [-0.4, -0.2) is 31.8 Å². The third kappa shape index (κ3) is 6.39. The van der Waals surface area contributed by atoms with Crippen molar-refractivity contribution in [3.8, 4) is 0 Å². The van der Waals surface area contributed by atoms with Crippen molar-refractivity contribution in [3.63, 3.8) is 0 Å². The van der Waals surface area contributed by atoms with E-state index in [-0.39, 0.29) is 5.97 Å². The molecular formula is C10H20ClO2P. The predicted octanol–water partition coefficient (Wildman–Crippen LogP) is 3.44. The Hall–Kier alpha value is -0.0700. The molecule has 0 saturated heterocycles. The number of hydrogen-bond acceptors (Lipinski definition) is 2. The van der Waals surface area contributed by atoms with Gasteiger partial charge in [-0.1, -0.05) is 0 Å². The van der Waals surface area contributed by atoms with Crippen molar-refractivity contribution in [2.45, 2.75) is 19.8 Å². The molecule has 4 heteroatoms. The van der Waals surface area contributed by atoms with Crippen molar-refractivity contribution < 1.29 is 9.53 Å². The second-order valence-corrected chi connectivity index (χ2v) is 13.6. The summed E-state index contributed by atoms with van der Waals surface area (Å²) in [6.45, 7) is 9.52. The molecule has 0 saturated carbocycles. The average Bonchev–Trinajstić information content (AvgIpc) is 2.11. The number of unbranched alkanes of at least 4 members (excludes halogenated alkanes) is 1. The van der Waals surface area contributed by atoms with Gasteiger partial charge in [-0.05, 0) is 0 Å². The topological polar surface area (TPSA) is 26.3 Å². The van der Waals surface area contributed by atoms with Crippen LogP contribution >= 0.6 is 17.2 Å². The molecule has 0 rings (SSSR count). The van der Waals surface area contributed by atoms with Crippen LogP contribution in [0.5, 0.6) is 0 Å². The molecule has 2 nitrogen and oxygen atoms in total. The third-order valence-corrected chi connectivity index (χ3v) is 5.39. The number of rotatable bonds is 6. The van der Waals surface area contributed by atoms with Crippen LogP contribution in [0.2, 0.25) is 0 Å². The molecule has 0 radical (unpaired) electrons. The molecule has 0 amide bonds. The molecule has 0 unspecified atom stereocenters. The van der Waals surface area contributed by atoms with E-state index in [1.54, 1.807) is 0 Å². The van der Waals surface area contributed by atoms with E-state index < -0.39 is 5.96 Å². The number of halogens is 1. The van der Waals surface area contributed by atoms with E-state index in [9.17, 15) is 4.79 Å². The molecule has 0 aliphatic rings. The van der Waals surface area contributed by atoms with Crippen LogP contribution in [0.1, 0.15) is 19.8 Å². The summed E-state index contributed by atoms with van der Waals surface area (Å²) in [7, 11) is 0. The van der Waals surface area contributed by atoms with Gasteiger partial charge in [0.15, 0.2) is 0 Å². The number of hydrogen-bond donors (Lipinski definition) is 0. The van der Waals surface area contributed by atoms with Gasteiger partial charge in [-0.3, -0.25) is 0 Å². The van der Waals surface area contributed by atoms with Crippen molar-refractivity contribution in [1.82, 2.24) is 0 Å². The number of carbonyl (C=O) groups is 1. The van der Waals surface area contributed by atoms with E-state index >= 15 is 0 Å². The van der Waals surface area contributed by atoms with Crippen LogP contribution in [0.3, 0.4) is 0 Å². The molecule has 14 heavy (non-hydrogen) atoms. The van der Waals surface area contributed by atoms with Crippen molar-refractivity contribution in [2.24, 2.45) is 0 Å². The molecule has 0 heterocycles. The summed E-state index contributed by atoms with van der Waals surface area (Å²) in [5, 5.41) is 0. The van der Waals surface area contributed by atoms with Gasteiger partial charge in [-0.2, -0.15) is 0 Å². The second-order valence-electron chi connectivity index (χ2n) is 4.39. The van der Waals surface area contributed by atoms with Crippen LogP contribution in [0.4, 0.5) is 0 Å². The molecule has 0 aromatic heterocycles.